The lowest BCUT2D eigenvalue weighted by atomic mass is 9.95. The van der Waals surface area contributed by atoms with Crippen LogP contribution < -0.4 is 5.73 Å². The molecule has 90 valence electrons. The number of hydrogen-bond donors (Lipinski definition) is 1. The van der Waals surface area contributed by atoms with Crippen molar-refractivity contribution in [1.82, 2.24) is 9.88 Å². The fourth-order valence-corrected chi connectivity index (χ4v) is 3.32. The van der Waals surface area contributed by atoms with Gasteiger partial charge in [0.15, 0.2) is 0 Å². The van der Waals surface area contributed by atoms with Gasteiger partial charge in [0, 0.05) is 6.54 Å². The summed E-state index contributed by atoms with van der Waals surface area (Å²) in [7, 11) is 0. The maximum Gasteiger partial charge on any atom is 0.113 e. The van der Waals surface area contributed by atoms with Gasteiger partial charge < -0.3 is 5.73 Å². The van der Waals surface area contributed by atoms with E-state index in [-0.39, 0.29) is 0 Å². The van der Waals surface area contributed by atoms with Crippen LogP contribution in [-0.4, -0.2) is 29.5 Å². The first kappa shape index (κ1) is 12.3. The summed E-state index contributed by atoms with van der Waals surface area (Å²) in [6, 6.07) is 0. The molecule has 16 heavy (non-hydrogen) atoms. The lowest BCUT2D eigenvalue weighted by Crippen LogP contribution is -2.35. The minimum absolute atomic E-state index is 0.772. The fourth-order valence-electron chi connectivity index (χ4n) is 2.32. The van der Waals surface area contributed by atoms with E-state index in [2.05, 4.69) is 9.88 Å². The summed E-state index contributed by atoms with van der Waals surface area (Å²) in [5.74, 6) is 0.772. The summed E-state index contributed by atoms with van der Waals surface area (Å²) in [5, 5.41) is 1.12. The Balaban J connectivity index is 1.85. The number of aromatic nitrogens is 1. The molecule has 3 nitrogen and oxygen atoms in total. The van der Waals surface area contributed by atoms with Crippen LogP contribution >= 0.6 is 22.9 Å². The molecule has 2 heterocycles. The smallest absolute Gasteiger partial charge is 0.113 e. The van der Waals surface area contributed by atoms with E-state index < -0.39 is 0 Å². The minimum Gasteiger partial charge on any atom is -0.330 e. The first-order valence-corrected chi connectivity index (χ1v) is 7.00. The molecular formula is C11H18ClN3S. The number of thiazole rings is 1. The van der Waals surface area contributed by atoms with Crippen molar-refractivity contribution < 1.29 is 0 Å². The standard InChI is InChI=1S/C11H18ClN3S/c12-10-6-14-11(16-10)8-15-5-1-2-9(7-15)3-4-13/h6,9H,1-5,7-8,13H2. The monoisotopic (exact) mass is 259 g/mol. The maximum absolute atomic E-state index is 5.88. The molecule has 0 spiro atoms. The number of rotatable bonds is 4. The van der Waals surface area contributed by atoms with E-state index in [9.17, 15) is 0 Å². The Morgan fingerprint density at radius 3 is 3.19 bits per heavy atom. The van der Waals surface area contributed by atoms with Gasteiger partial charge >= 0.3 is 0 Å². The van der Waals surface area contributed by atoms with Crippen molar-refractivity contribution in [3.8, 4) is 0 Å². The zero-order chi connectivity index (χ0) is 11.4. The number of piperidine rings is 1. The maximum atomic E-state index is 5.88. The Morgan fingerprint density at radius 2 is 2.50 bits per heavy atom. The number of nitrogens with two attached hydrogens (primary N) is 1. The van der Waals surface area contributed by atoms with E-state index in [1.54, 1.807) is 17.5 Å². The Hall–Kier alpha value is -0.160. The predicted molar refractivity (Wildman–Crippen MR) is 68.8 cm³/mol. The molecular weight excluding hydrogens is 242 g/mol. The summed E-state index contributed by atoms with van der Waals surface area (Å²) in [6.07, 6.45) is 5.49. The quantitative estimate of drug-likeness (QED) is 0.903. The molecule has 1 atom stereocenters. The molecule has 0 amide bonds. The highest BCUT2D eigenvalue weighted by molar-refractivity contribution is 7.15. The first-order chi connectivity index (χ1) is 7.78. The van der Waals surface area contributed by atoms with Crippen molar-refractivity contribution >= 4 is 22.9 Å². The average Bonchev–Trinajstić information content (AvgIpc) is 2.65. The molecule has 0 aliphatic carbocycles. The van der Waals surface area contributed by atoms with Crippen LogP contribution in [0.4, 0.5) is 0 Å². The van der Waals surface area contributed by atoms with Crippen molar-refractivity contribution in [2.45, 2.75) is 25.8 Å². The van der Waals surface area contributed by atoms with Crippen LogP contribution in [0.5, 0.6) is 0 Å². The fraction of sp³-hybridized carbons (Fsp3) is 0.727. The van der Waals surface area contributed by atoms with Gasteiger partial charge in [-0.2, -0.15) is 0 Å². The van der Waals surface area contributed by atoms with Crippen molar-refractivity contribution in [2.75, 3.05) is 19.6 Å². The number of nitrogens with zero attached hydrogens (tertiary/aromatic N) is 2. The minimum atomic E-state index is 0.772. The second-order valence-corrected chi connectivity index (χ2v) is 6.13. The molecule has 0 bridgehead atoms. The van der Waals surface area contributed by atoms with Crippen LogP contribution in [0.15, 0.2) is 6.20 Å². The highest BCUT2D eigenvalue weighted by atomic mass is 35.5. The molecule has 2 rings (SSSR count). The highest BCUT2D eigenvalue weighted by Crippen LogP contribution is 2.23. The summed E-state index contributed by atoms with van der Waals surface area (Å²) < 4.78 is 0.783. The van der Waals surface area contributed by atoms with Crippen molar-refractivity contribution in [2.24, 2.45) is 11.7 Å². The lowest BCUT2D eigenvalue weighted by Gasteiger charge is -2.31. The summed E-state index contributed by atoms with van der Waals surface area (Å²) in [4.78, 5) is 6.77. The van der Waals surface area contributed by atoms with E-state index in [1.165, 1.54) is 19.4 Å². The van der Waals surface area contributed by atoms with Crippen LogP contribution in [0.1, 0.15) is 24.3 Å². The molecule has 5 heteroatoms. The second-order valence-electron chi connectivity index (χ2n) is 4.38. The third kappa shape index (κ3) is 3.42. The third-order valence-electron chi connectivity index (χ3n) is 3.06. The molecule has 1 aliphatic heterocycles. The Kier molecular flexibility index (Phi) is 4.58. The largest absolute Gasteiger partial charge is 0.330 e. The van der Waals surface area contributed by atoms with Crippen LogP contribution in [-0.2, 0) is 6.54 Å². The van der Waals surface area contributed by atoms with Gasteiger partial charge in [-0.05, 0) is 38.3 Å². The predicted octanol–water partition coefficient (Wildman–Crippen LogP) is 2.36. The van der Waals surface area contributed by atoms with Gasteiger partial charge in [-0.25, -0.2) is 4.98 Å². The molecule has 1 aromatic rings. The zero-order valence-electron chi connectivity index (χ0n) is 9.36. The van der Waals surface area contributed by atoms with Gasteiger partial charge in [0.1, 0.15) is 9.34 Å². The van der Waals surface area contributed by atoms with E-state index in [0.29, 0.717) is 0 Å². The first-order valence-electron chi connectivity index (χ1n) is 5.80. The third-order valence-corrected chi connectivity index (χ3v) is 4.16. The van der Waals surface area contributed by atoms with Crippen LogP contribution in [0.3, 0.4) is 0 Å². The molecule has 1 saturated heterocycles. The lowest BCUT2D eigenvalue weighted by molar-refractivity contribution is 0.163. The second kappa shape index (κ2) is 5.96. The Morgan fingerprint density at radius 1 is 1.62 bits per heavy atom. The van der Waals surface area contributed by atoms with Gasteiger partial charge in [-0.1, -0.05) is 11.6 Å². The van der Waals surface area contributed by atoms with Gasteiger partial charge in [0.2, 0.25) is 0 Å². The molecule has 2 N–H and O–H groups in total. The molecule has 0 saturated carbocycles. The number of likely N-dealkylation sites (tertiary alicyclic amines) is 1. The van der Waals surface area contributed by atoms with Gasteiger partial charge in [-0.3, -0.25) is 4.90 Å². The van der Waals surface area contributed by atoms with Crippen molar-refractivity contribution in [3.05, 3.63) is 15.5 Å². The summed E-state index contributed by atoms with van der Waals surface area (Å²) >= 11 is 7.46. The van der Waals surface area contributed by atoms with Crippen LogP contribution in [0, 0.1) is 5.92 Å². The van der Waals surface area contributed by atoms with Crippen molar-refractivity contribution in [1.29, 1.82) is 0 Å². The highest BCUT2D eigenvalue weighted by Gasteiger charge is 2.19. The molecule has 1 aromatic heterocycles. The molecule has 0 radical (unpaired) electrons. The van der Waals surface area contributed by atoms with E-state index in [4.69, 9.17) is 17.3 Å². The Bertz CT molecular complexity index is 327. The molecule has 1 aliphatic rings. The molecule has 1 unspecified atom stereocenters. The molecule has 0 aromatic carbocycles. The average molecular weight is 260 g/mol. The van der Waals surface area contributed by atoms with E-state index in [0.717, 1.165) is 41.3 Å². The van der Waals surface area contributed by atoms with Gasteiger partial charge in [-0.15, -0.1) is 11.3 Å². The molecule has 1 fully saturated rings. The van der Waals surface area contributed by atoms with Gasteiger partial charge in [0.25, 0.3) is 0 Å². The zero-order valence-corrected chi connectivity index (χ0v) is 10.9. The van der Waals surface area contributed by atoms with Crippen LogP contribution in [0.2, 0.25) is 4.34 Å². The van der Waals surface area contributed by atoms with Gasteiger partial charge in [0.05, 0.1) is 12.7 Å². The summed E-state index contributed by atoms with van der Waals surface area (Å²) in [6.45, 7) is 4.09. The topological polar surface area (TPSA) is 42.1 Å². The SMILES string of the molecule is NCCC1CCCN(Cc2ncc(Cl)s2)C1. The van der Waals surface area contributed by atoms with E-state index >= 15 is 0 Å². The number of hydrogen-bond acceptors (Lipinski definition) is 4. The normalized spacial score (nSPS) is 22.5. The Labute approximate surface area is 106 Å². The van der Waals surface area contributed by atoms with Crippen LogP contribution in [0.25, 0.3) is 0 Å². The number of halogens is 1. The van der Waals surface area contributed by atoms with Crippen molar-refractivity contribution in [3.63, 3.8) is 0 Å². The summed E-state index contributed by atoms with van der Waals surface area (Å²) in [5.41, 5.74) is 5.61. The van der Waals surface area contributed by atoms with E-state index in [1.807, 2.05) is 0 Å².